The second kappa shape index (κ2) is 5.70. The van der Waals surface area contributed by atoms with Gasteiger partial charge in [0.2, 0.25) is 0 Å². The SMILES string of the molecule is Cc1ccc(C(=O)COc2c(C)cccc2C)cc1. The Morgan fingerprint density at radius 2 is 1.53 bits per heavy atom. The zero-order valence-electron chi connectivity index (χ0n) is 11.6. The van der Waals surface area contributed by atoms with Gasteiger partial charge in [0, 0.05) is 5.56 Å². The summed E-state index contributed by atoms with van der Waals surface area (Å²) < 4.78 is 5.66. The normalized spacial score (nSPS) is 10.3. The monoisotopic (exact) mass is 254 g/mol. The van der Waals surface area contributed by atoms with Gasteiger partial charge >= 0.3 is 0 Å². The quantitative estimate of drug-likeness (QED) is 0.774. The molecule has 0 spiro atoms. The number of hydrogen-bond acceptors (Lipinski definition) is 2. The van der Waals surface area contributed by atoms with Gasteiger partial charge < -0.3 is 4.74 Å². The van der Waals surface area contributed by atoms with Gasteiger partial charge in [-0.3, -0.25) is 4.79 Å². The van der Waals surface area contributed by atoms with Crippen molar-refractivity contribution in [2.45, 2.75) is 20.8 Å². The molecule has 2 rings (SSSR count). The minimum atomic E-state index is 0.00246. The summed E-state index contributed by atoms with van der Waals surface area (Å²) in [6.07, 6.45) is 0. The maximum Gasteiger partial charge on any atom is 0.200 e. The third kappa shape index (κ3) is 3.22. The zero-order valence-corrected chi connectivity index (χ0v) is 11.6. The van der Waals surface area contributed by atoms with Crippen LogP contribution in [0.15, 0.2) is 42.5 Å². The van der Waals surface area contributed by atoms with E-state index in [0.717, 1.165) is 22.4 Å². The summed E-state index contributed by atoms with van der Waals surface area (Å²) in [5.74, 6) is 0.811. The van der Waals surface area contributed by atoms with Crippen molar-refractivity contribution < 1.29 is 9.53 Å². The zero-order chi connectivity index (χ0) is 13.8. The van der Waals surface area contributed by atoms with E-state index in [1.54, 1.807) is 0 Å². The first kappa shape index (κ1) is 13.3. The summed E-state index contributed by atoms with van der Waals surface area (Å²) in [5, 5.41) is 0. The van der Waals surface area contributed by atoms with Crippen LogP contribution in [0.3, 0.4) is 0 Å². The molecule has 0 fully saturated rings. The number of carbonyl (C=O) groups excluding carboxylic acids is 1. The highest BCUT2D eigenvalue weighted by molar-refractivity contribution is 5.97. The molecule has 0 aromatic heterocycles. The molecule has 0 unspecified atom stereocenters. The Kier molecular flexibility index (Phi) is 4.00. The lowest BCUT2D eigenvalue weighted by Crippen LogP contribution is -2.12. The van der Waals surface area contributed by atoms with Crippen LogP contribution in [0.1, 0.15) is 27.0 Å². The number of rotatable bonds is 4. The first-order chi connectivity index (χ1) is 9.08. The second-order valence-corrected chi connectivity index (χ2v) is 4.80. The van der Waals surface area contributed by atoms with Crippen molar-refractivity contribution in [2.24, 2.45) is 0 Å². The molecule has 0 aliphatic carbocycles. The smallest absolute Gasteiger partial charge is 0.200 e. The molecule has 0 saturated heterocycles. The lowest BCUT2D eigenvalue weighted by Gasteiger charge is -2.11. The molecular formula is C17H18O2. The van der Waals surface area contributed by atoms with Gasteiger partial charge in [-0.15, -0.1) is 0 Å². The van der Waals surface area contributed by atoms with Crippen LogP contribution in [0.4, 0.5) is 0 Å². The van der Waals surface area contributed by atoms with Crippen molar-refractivity contribution in [3.63, 3.8) is 0 Å². The van der Waals surface area contributed by atoms with Crippen LogP contribution in [-0.4, -0.2) is 12.4 Å². The molecule has 0 amide bonds. The van der Waals surface area contributed by atoms with E-state index in [-0.39, 0.29) is 12.4 Å². The summed E-state index contributed by atoms with van der Waals surface area (Å²) in [7, 11) is 0. The van der Waals surface area contributed by atoms with Gasteiger partial charge in [-0.1, -0.05) is 48.0 Å². The number of Topliss-reactive ketones (excluding diaryl/α,β-unsaturated/α-hetero) is 1. The molecule has 0 bridgehead atoms. The average Bonchev–Trinajstić information content (AvgIpc) is 2.38. The highest BCUT2D eigenvalue weighted by Crippen LogP contribution is 2.22. The van der Waals surface area contributed by atoms with Crippen molar-refractivity contribution >= 4 is 5.78 Å². The standard InChI is InChI=1S/C17H18O2/c1-12-7-9-15(10-8-12)16(18)11-19-17-13(2)5-4-6-14(17)3/h4-10H,11H2,1-3H3. The van der Waals surface area contributed by atoms with E-state index < -0.39 is 0 Å². The molecular weight excluding hydrogens is 236 g/mol. The minimum absolute atomic E-state index is 0.00246. The summed E-state index contributed by atoms with van der Waals surface area (Å²) >= 11 is 0. The average molecular weight is 254 g/mol. The van der Waals surface area contributed by atoms with Gasteiger partial charge in [0.15, 0.2) is 12.4 Å². The summed E-state index contributed by atoms with van der Waals surface area (Å²) in [6, 6.07) is 13.5. The maximum absolute atomic E-state index is 12.0. The Bertz CT molecular complexity index is 562. The molecule has 2 heteroatoms. The predicted octanol–water partition coefficient (Wildman–Crippen LogP) is 3.87. The first-order valence-electron chi connectivity index (χ1n) is 6.37. The molecule has 19 heavy (non-hydrogen) atoms. The van der Waals surface area contributed by atoms with E-state index in [1.165, 1.54) is 0 Å². The number of benzene rings is 2. The summed E-state index contributed by atoms with van der Waals surface area (Å²) in [4.78, 5) is 12.0. The first-order valence-corrected chi connectivity index (χ1v) is 6.37. The van der Waals surface area contributed by atoms with Crippen LogP contribution in [-0.2, 0) is 0 Å². The van der Waals surface area contributed by atoms with Crippen LogP contribution in [0, 0.1) is 20.8 Å². The minimum Gasteiger partial charge on any atom is -0.485 e. The number of carbonyl (C=O) groups is 1. The molecule has 0 N–H and O–H groups in total. The van der Waals surface area contributed by atoms with E-state index >= 15 is 0 Å². The van der Waals surface area contributed by atoms with Crippen LogP contribution in [0.25, 0.3) is 0 Å². The lowest BCUT2D eigenvalue weighted by atomic mass is 10.1. The van der Waals surface area contributed by atoms with E-state index in [9.17, 15) is 4.79 Å². The van der Waals surface area contributed by atoms with Gasteiger partial charge in [0.1, 0.15) is 5.75 Å². The summed E-state index contributed by atoms with van der Waals surface area (Å²) in [5.41, 5.74) is 3.94. The van der Waals surface area contributed by atoms with Gasteiger partial charge in [0.05, 0.1) is 0 Å². The molecule has 2 nitrogen and oxygen atoms in total. The molecule has 0 atom stereocenters. The van der Waals surface area contributed by atoms with Crippen LogP contribution in [0.2, 0.25) is 0 Å². The lowest BCUT2D eigenvalue weighted by molar-refractivity contribution is 0.0920. The highest BCUT2D eigenvalue weighted by Gasteiger charge is 2.09. The van der Waals surface area contributed by atoms with Gasteiger partial charge in [-0.2, -0.15) is 0 Å². The van der Waals surface area contributed by atoms with E-state index in [0.29, 0.717) is 5.56 Å². The molecule has 0 heterocycles. The number of para-hydroxylation sites is 1. The number of ketones is 1. The van der Waals surface area contributed by atoms with E-state index in [2.05, 4.69) is 0 Å². The Balaban J connectivity index is 2.06. The van der Waals surface area contributed by atoms with Crippen LogP contribution in [0.5, 0.6) is 5.75 Å². The third-order valence-electron chi connectivity index (χ3n) is 3.13. The number of aryl methyl sites for hydroxylation is 3. The van der Waals surface area contributed by atoms with Gasteiger partial charge in [-0.25, -0.2) is 0 Å². The largest absolute Gasteiger partial charge is 0.485 e. The predicted molar refractivity (Wildman–Crippen MR) is 76.9 cm³/mol. The number of ether oxygens (including phenoxy) is 1. The Labute approximate surface area is 114 Å². The van der Waals surface area contributed by atoms with Gasteiger partial charge in [0.25, 0.3) is 0 Å². The van der Waals surface area contributed by atoms with Crippen molar-refractivity contribution in [3.8, 4) is 5.75 Å². The van der Waals surface area contributed by atoms with Crippen molar-refractivity contribution in [2.75, 3.05) is 6.61 Å². The fourth-order valence-electron chi connectivity index (χ4n) is 1.99. The molecule has 2 aromatic carbocycles. The fourth-order valence-corrected chi connectivity index (χ4v) is 1.99. The third-order valence-corrected chi connectivity index (χ3v) is 3.13. The molecule has 0 saturated carbocycles. The Hall–Kier alpha value is -2.09. The van der Waals surface area contributed by atoms with Crippen molar-refractivity contribution in [3.05, 3.63) is 64.7 Å². The summed E-state index contributed by atoms with van der Waals surface area (Å²) in [6.45, 7) is 6.05. The maximum atomic E-state index is 12.0. The molecule has 2 aromatic rings. The molecule has 0 aliphatic heterocycles. The number of hydrogen-bond donors (Lipinski definition) is 0. The van der Waals surface area contributed by atoms with E-state index in [1.807, 2.05) is 63.2 Å². The van der Waals surface area contributed by atoms with Crippen molar-refractivity contribution in [1.29, 1.82) is 0 Å². The van der Waals surface area contributed by atoms with Gasteiger partial charge in [-0.05, 0) is 31.9 Å². The molecule has 0 radical (unpaired) electrons. The van der Waals surface area contributed by atoms with Crippen LogP contribution < -0.4 is 4.74 Å². The van der Waals surface area contributed by atoms with Crippen molar-refractivity contribution in [1.82, 2.24) is 0 Å². The fraction of sp³-hybridized carbons (Fsp3) is 0.235. The highest BCUT2D eigenvalue weighted by atomic mass is 16.5. The Morgan fingerprint density at radius 3 is 2.11 bits per heavy atom. The second-order valence-electron chi connectivity index (χ2n) is 4.80. The van der Waals surface area contributed by atoms with E-state index in [4.69, 9.17) is 4.74 Å². The topological polar surface area (TPSA) is 26.3 Å². The molecule has 0 aliphatic rings. The van der Waals surface area contributed by atoms with Crippen LogP contribution >= 0.6 is 0 Å². The Morgan fingerprint density at radius 1 is 0.947 bits per heavy atom. The molecule has 98 valence electrons.